The molecule has 3 heterocycles. The molecule has 3 nitrogen and oxygen atoms in total. The molecule has 0 spiro atoms. The molecule has 2 aliphatic heterocycles. The van der Waals surface area contributed by atoms with Gasteiger partial charge in [0.2, 0.25) is 0 Å². The number of hydrogen-bond donors (Lipinski definition) is 0. The molecule has 2 aromatic rings. The quantitative estimate of drug-likeness (QED) is 0.835. The third-order valence-corrected chi connectivity index (χ3v) is 6.66. The minimum Gasteiger partial charge on any atom is -0.348 e. The molecule has 0 amide bonds. The lowest BCUT2D eigenvalue weighted by Crippen LogP contribution is -2.47. The van der Waals surface area contributed by atoms with Crippen molar-refractivity contribution in [2.75, 3.05) is 42.6 Å². The smallest absolute Gasteiger partial charge is 0.186 e. The van der Waals surface area contributed by atoms with Gasteiger partial charge >= 0.3 is 0 Å². The number of thioether (sulfide) groups is 1. The van der Waals surface area contributed by atoms with Crippen molar-refractivity contribution in [2.24, 2.45) is 0 Å². The first kappa shape index (κ1) is 14.7. The molecular weight excluding hydrogens is 317 g/mol. The zero-order chi connectivity index (χ0) is 14.9. The maximum Gasteiger partial charge on any atom is 0.186 e. The summed E-state index contributed by atoms with van der Waals surface area (Å²) in [7, 11) is 0. The molecule has 2 saturated heterocycles. The molecule has 0 atom stereocenters. The van der Waals surface area contributed by atoms with Crippen LogP contribution in [0.3, 0.4) is 0 Å². The van der Waals surface area contributed by atoms with Gasteiger partial charge in [-0.15, -0.1) is 0 Å². The van der Waals surface area contributed by atoms with Gasteiger partial charge in [0.15, 0.2) is 5.13 Å². The van der Waals surface area contributed by atoms with Crippen molar-refractivity contribution in [3.05, 3.63) is 24.0 Å². The first-order valence-electron chi connectivity index (χ1n) is 7.92. The summed E-state index contributed by atoms with van der Waals surface area (Å²) in [6, 6.07) is 5.60. The Morgan fingerprint density at radius 3 is 2.64 bits per heavy atom. The van der Waals surface area contributed by atoms with Crippen molar-refractivity contribution in [1.82, 2.24) is 9.88 Å². The Hall–Kier alpha value is -0.850. The minimum atomic E-state index is -0.177. The minimum absolute atomic E-state index is 0.177. The standard InChI is InChI=1S/C16H20FN3S2/c17-12-1-2-14-15(11-12)22-16(18-14)20-5-3-13(4-6-20)19-7-9-21-10-8-19/h1-2,11,13H,3-10H2. The second-order valence-corrected chi connectivity index (χ2v) is 8.21. The molecule has 0 radical (unpaired) electrons. The summed E-state index contributed by atoms with van der Waals surface area (Å²) >= 11 is 3.69. The Kier molecular flexibility index (Phi) is 4.24. The van der Waals surface area contributed by atoms with E-state index in [1.807, 2.05) is 0 Å². The van der Waals surface area contributed by atoms with E-state index in [4.69, 9.17) is 0 Å². The van der Waals surface area contributed by atoms with E-state index in [0.29, 0.717) is 0 Å². The highest BCUT2D eigenvalue weighted by Crippen LogP contribution is 2.31. The number of halogens is 1. The van der Waals surface area contributed by atoms with Crippen LogP contribution in [-0.2, 0) is 0 Å². The normalized spacial score (nSPS) is 21.6. The van der Waals surface area contributed by atoms with E-state index in [1.165, 1.54) is 43.5 Å². The van der Waals surface area contributed by atoms with Crippen LogP contribution < -0.4 is 4.90 Å². The maximum absolute atomic E-state index is 13.3. The van der Waals surface area contributed by atoms with Crippen molar-refractivity contribution in [2.45, 2.75) is 18.9 Å². The van der Waals surface area contributed by atoms with Crippen molar-refractivity contribution >= 4 is 38.4 Å². The first-order valence-corrected chi connectivity index (χ1v) is 9.89. The summed E-state index contributed by atoms with van der Waals surface area (Å²) in [5, 5.41) is 1.05. The van der Waals surface area contributed by atoms with Crippen LogP contribution in [0.25, 0.3) is 10.2 Å². The average Bonchev–Trinajstić information content (AvgIpc) is 2.99. The van der Waals surface area contributed by atoms with Crippen molar-refractivity contribution in [3.8, 4) is 0 Å². The fourth-order valence-electron chi connectivity index (χ4n) is 3.39. The molecule has 22 heavy (non-hydrogen) atoms. The van der Waals surface area contributed by atoms with E-state index in [-0.39, 0.29) is 5.82 Å². The van der Waals surface area contributed by atoms with Crippen LogP contribution in [0.1, 0.15) is 12.8 Å². The molecule has 0 N–H and O–H groups in total. The second kappa shape index (κ2) is 6.34. The third-order valence-electron chi connectivity index (χ3n) is 4.64. The number of fused-ring (bicyclic) bond motifs is 1. The monoisotopic (exact) mass is 337 g/mol. The fraction of sp³-hybridized carbons (Fsp3) is 0.562. The molecule has 2 fully saturated rings. The van der Waals surface area contributed by atoms with E-state index in [0.717, 1.165) is 34.5 Å². The van der Waals surface area contributed by atoms with E-state index < -0.39 is 0 Å². The van der Waals surface area contributed by atoms with Gasteiger partial charge in [0, 0.05) is 43.7 Å². The molecule has 1 aromatic carbocycles. The molecule has 6 heteroatoms. The fourth-order valence-corrected chi connectivity index (χ4v) is 5.36. The van der Waals surface area contributed by atoms with Crippen molar-refractivity contribution < 1.29 is 4.39 Å². The lowest BCUT2D eigenvalue weighted by atomic mass is 10.0. The molecule has 0 unspecified atom stereocenters. The first-order chi connectivity index (χ1) is 10.8. The molecular formula is C16H20FN3S2. The Morgan fingerprint density at radius 1 is 1.09 bits per heavy atom. The van der Waals surface area contributed by atoms with E-state index >= 15 is 0 Å². The second-order valence-electron chi connectivity index (χ2n) is 5.98. The summed E-state index contributed by atoms with van der Waals surface area (Å²) in [6.07, 6.45) is 2.43. The lowest BCUT2D eigenvalue weighted by molar-refractivity contribution is 0.186. The van der Waals surface area contributed by atoms with E-state index in [1.54, 1.807) is 23.5 Å². The summed E-state index contributed by atoms with van der Waals surface area (Å²) in [5.41, 5.74) is 0.913. The van der Waals surface area contributed by atoms with Crippen molar-refractivity contribution in [1.29, 1.82) is 0 Å². The van der Waals surface area contributed by atoms with Crippen LogP contribution in [0, 0.1) is 5.82 Å². The predicted molar refractivity (Wildman–Crippen MR) is 93.7 cm³/mol. The van der Waals surface area contributed by atoms with Gasteiger partial charge in [-0.3, -0.25) is 4.90 Å². The highest BCUT2D eigenvalue weighted by atomic mass is 32.2. The average molecular weight is 337 g/mol. The van der Waals surface area contributed by atoms with Gasteiger partial charge in [0.1, 0.15) is 5.82 Å². The Bertz CT molecular complexity index is 646. The molecule has 0 aliphatic carbocycles. The molecule has 0 saturated carbocycles. The molecule has 118 valence electrons. The molecule has 0 bridgehead atoms. The number of rotatable bonds is 2. The third kappa shape index (κ3) is 2.96. The molecule has 1 aromatic heterocycles. The number of thiazole rings is 1. The van der Waals surface area contributed by atoms with Crippen molar-refractivity contribution in [3.63, 3.8) is 0 Å². The number of benzene rings is 1. The maximum atomic E-state index is 13.3. The SMILES string of the molecule is Fc1ccc2nc(N3CCC(N4CCSCC4)CC3)sc2c1. The number of nitrogens with zero attached hydrogens (tertiary/aromatic N) is 3. The Morgan fingerprint density at radius 2 is 1.86 bits per heavy atom. The zero-order valence-electron chi connectivity index (χ0n) is 12.5. The van der Waals surface area contributed by atoms with Gasteiger partial charge < -0.3 is 4.90 Å². The Balaban J connectivity index is 1.43. The number of hydrogen-bond acceptors (Lipinski definition) is 5. The van der Waals surface area contributed by atoms with Gasteiger partial charge in [0.05, 0.1) is 10.2 Å². The summed E-state index contributed by atoms with van der Waals surface area (Å²) in [4.78, 5) is 9.72. The van der Waals surface area contributed by atoms with Crippen LogP contribution in [0.2, 0.25) is 0 Å². The largest absolute Gasteiger partial charge is 0.348 e. The molecule has 2 aliphatic rings. The van der Waals surface area contributed by atoms with Crippen LogP contribution in [0.4, 0.5) is 9.52 Å². The highest BCUT2D eigenvalue weighted by Gasteiger charge is 2.26. The van der Waals surface area contributed by atoms with Crippen LogP contribution >= 0.6 is 23.1 Å². The number of piperidine rings is 1. The Labute approximate surface area is 138 Å². The zero-order valence-corrected chi connectivity index (χ0v) is 14.1. The van der Waals surface area contributed by atoms with E-state index in [2.05, 4.69) is 26.5 Å². The van der Waals surface area contributed by atoms with Gasteiger partial charge in [-0.25, -0.2) is 9.37 Å². The summed E-state index contributed by atoms with van der Waals surface area (Å²) < 4.78 is 14.3. The topological polar surface area (TPSA) is 19.4 Å². The number of aromatic nitrogens is 1. The predicted octanol–water partition coefficient (Wildman–Crippen LogP) is 3.45. The van der Waals surface area contributed by atoms with E-state index in [9.17, 15) is 4.39 Å². The van der Waals surface area contributed by atoms with Crippen LogP contribution in [0.5, 0.6) is 0 Å². The van der Waals surface area contributed by atoms with Crippen LogP contribution in [0.15, 0.2) is 18.2 Å². The van der Waals surface area contributed by atoms with Crippen LogP contribution in [-0.4, -0.2) is 53.6 Å². The van der Waals surface area contributed by atoms with Gasteiger partial charge in [0.25, 0.3) is 0 Å². The summed E-state index contributed by atoms with van der Waals surface area (Å²) in [6.45, 7) is 4.62. The summed E-state index contributed by atoms with van der Waals surface area (Å²) in [5.74, 6) is 2.39. The lowest BCUT2D eigenvalue weighted by Gasteiger charge is -2.40. The van der Waals surface area contributed by atoms with Gasteiger partial charge in [-0.1, -0.05) is 11.3 Å². The number of anilines is 1. The van der Waals surface area contributed by atoms with Gasteiger partial charge in [-0.05, 0) is 31.0 Å². The highest BCUT2D eigenvalue weighted by molar-refractivity contribution is 7.99. The van der Waals surface area contributed by atoms with Gasteiger partial charge in [-0.2, -0.15) is 11.8 Å². The molecule has 4 rings (SSSR count).